The topological polar surface area (TPSA) is 51.8 Å². The highest BCUT2D eigenvalue weighted by Gasteiger charge is 2.06. The summed E-state index contributed by atoms with van der Waals surface area (Å²) in [4.78, 5) is 9.80. The molecule has 0 aliphatic heterocycles. The summed E-state index contributed by atoms with van der Waals surface area (Å²) in [5.41, 5.74) is 9.85. The third-order valence-electron chi connectivity index (χ3n) is 2.33. The van der Waals surface area contributed by atoms with E-state index in [1.807, 2.05) is 39.0 Å². The Balaban J connectivity index is 2.34. The Labute approximate surface area is 105 Å². The SMILES string of the molecule is Cc1ccc(N)c(Sc2nc(C)cc(C)n2)c1. The molecule has 4 heteroatoms. The van der Waals surface area contributed by atoms with Gasteiger partial charge >= 0.3 is 0 Å². The third-order valence-corrected chi connectivity index (χ3v) is 3.27. The number of rotatable bonds is 2. The molecule has 0 saturated heterocycles. The smallest absolute Gasteiger partial charge is 0.192 e. The molecular weight excluding hydrogens is 230 g/mol. The van der Waals surface area contributed by atoms with E-state index < -0.39 is 0 Å². The Kier molecular flexibility index (Phi) is 3.33. The summed E-state index contributed by atoms with van der Waals surface area (Å²) in [7, 11) is 0. The van der Waals surface area contributed by atoms with Gasteiger partial charge in [-0.15, -0.1) is 0 Å². The molecule has 0 radical (unpaired) electrons. The third kappa shape index (κ3) is 2.97. The number of aromatic nitrogens is 2. The Morgan fingerprint density at radius 3 is 2.29 bits per heavy atom. The van der Waals surface area contributed by atoms with Gasteiger partial charge < -0.3 is 5.73 Å². The fourth-order valence-electron chi connectivity index (χ4n) is 1.57. The van der Waals surface area contributed by atoms with E-state index in [1.54, 1.807) is 0 Å². The van der Waals surface area contributed by atoms with Crippen molar-refractivity contribution < 1.29 is 0 Å². The Hall–Kier alpha value is -1.55. The highest BCUT2D eigenvalue weighted by Crippen LogP contribution is 2.30. The fourth-order valence-corrected chi connectivity index (χ4v) is 2.57. The van der Waals surface area contributed by atoms with Gasteiger partial charge in [-0.3, -0.25) is 0 Å². The number of nitrogens with zero attached hydrogens (tertiary/aromatic N) is 2. The van der Waals surface area contributed by atoms with Gasteiger partial charge in [0.05, 0.1) is 0 Å². The Morgan fingerprint density at radius 1 is 1.00 bits per heavy atom. The average molecular weight is 245 g/mol. The van der Waals surface area contributed by atoms with Crippen molar-refractivity contribution in [2.24, 2.45) is 0 Å². The van der Waals surface area contributed by atoms with Gasteiger partial charge in [-0.1, -0.05) is 6.07 Å². The molecule has 1 aromatic heterocycles. The predicted molar refractivity (Wildman–Crippen MR) is 71.2 cm³/mol. The minimum Gasteiger partial charge on any atom is -0.398 e. The minimum atomic E-state index is 0.750. The molecule has 2 rings (SSSR count). The maximum absolute atomic E-state index is 5.94. The zero-order valence-electron chi connectivity index (χ0n) is 10.2. The largest absolute Gasteiger partial charge is 0.398 e. The highest BCUT2D eigenvalue weighted by atomic mass is 32.2. The van der Waals surface area contributed by atoms with Gasteiger partial charge in [-0.25, -0.2) is 9.97 Å². The lowest BCUT2D eigenvalue weighted by atomic mass is 10.2. The lowest BCUT2D eigenvalue weighted by Crippen LogP contribution is -1.94. The van der Waals surface area contributed by atoms with Gasteiger partial charge in [0.25, 0.3) is 0 Å². The molecule has 1 heterocycles. The van der Waals surface area contributed by atoms with E-state index in [-0.39, 0.29) is 0 Å². The first kappa shape index (κ1) is 11.9. The van der Waals surface area contributed by atoms with Gasteiger partial charge in [0.2, 0.25) is 0 Å². The van der Waals surface area contributed by atoms with Crippen LogP contribution in [0.5, 0.6) is 0 Å². The number of hydrogen-bond acceptors (Lipinski definition) is 4. The Bertz CT molecular complexity index is 532. The van der Waals surface area contributed by atoms with E-state index >= 15 is 0 Å². The lowest BCUT2D eigenvalue weighted by Gasteiger charge is -2.06. The van der Waals surface area contributed by atoms with E-state index in [0.717, 1.165) is 27.1 Å². The van der Waals surface area contributed by atoms with Gasteiger partial charge in [0.1, 0.15) is 0 Å². The van der Waals surface area contributed by atoms with Gasteiger partial charge in [-0.05, 0) is 56.3 Å². The quantitative estimate of drug-likeness (QED) is 0.652. The number of nitrogens with two attached hydrogens (primary N) is 1. The monoisotopic (exact) mass is 245 g/mol. The van der Waals surface area contributed by atoms with Crippen molar-refractivity contribution in [3.8, 4) is 0 Å². The Morgan fingerprint density at radius 2 is 1.65 bits per heavy atom. The van der Waals surface area contributed by atoms with Crippen molar-refractivity contribution in [3.05, 3.63) is 41.2 Å². The molecule has 0 bridgehead atoms. The van der Waals surface area contributed by atoms with Crippen LogP contribution in [0.2, 0.25) is 0 Å². The molecule has 0 aliphatic carbocycles. The van der Waals surface area contributed by atoms with Gasteiger partial charge in [-0.2, -0.15) is 0 Å². The van der Waals surface area contributed by atoms with E-state index in [9.17, 15) is 0 Å². The van der Waals surface area contributed by atoms with Crippen LogP contribution in [0.3, 0.4) is 0 Å². The zero-order valence-corrected chi connectivity index (χ0v) is 11.0. The number of anilines is 1. The van der Waals surface area contributed by atoms with Crippen LogP contribution < -0.4 is 5.73 Å². The summed E-state index contributed by atoms with van der Waals surface area (Å²) in [6, 6.07) is 7.94. The van der Waals surface area contributed by atoms with E-state index in [0.29, 0.717) is 0 Å². The summed E-state index contributed by atoms with van der Waals surface area (Å²) in [6.07, 6.45) is 0. The molecule has 2 aromatic rings. The van der Waals surface area contributed by atoms with E-state index in [1.165, 1.54) is 17.3 Å². The number of aryl methyl sites for hydroxylation is 3. The average Bonchev–Trinajstić information content (AvgIpc) is 2.22. The molecule has 2 N–H and O–H groups in total. The summed E-state index contributed by atoms with van der Waals surface area (Å²) < 4.78 is 0. The van der Waals surface area contributed by atoms with Gasteiger partial charge in [0, 0.05) is 22.0 Å². The predicted octanol–water partition coefficient (Wildman–Crippen LogP) is 3.14. The number of benzene rings is 1. The van der Waals surface area contributed by atoms with Crippen LogP contribution in [0.4, 0.5) is 5.69 Å². The van der Waals surface area contributed by atoms with Crippen molar-refractivity contribution >= 4 is 17.4 Å². The van der Waals surface area contributed by atoms with Gasteiger partial charge in [0.15, 0.2) is 5.16 Å². The van der Waals surface area contributed by atoms with E-state index in [4.69, 9.17) is 5.73 Å². The van der Waals surface area contributed by atoms with Crippen LogP contribution >= 0.6 is 11.8 Å². The number of nitrogen functional groups attached to an aromatic ring is 1. The van der Waals surface area contributed by atoms with Crippen LogP contribution in [0.15, 0.2) is 34.3 Å². The maximum Gasteiger partial charge on any atom is 0.192 e. The van der Waals surface area contributed by atoms with Crippen LogP contribution in [0, 0.1) is 20.8 Å². The fraction of sp³-hybridized carbons (Fsp3) is 0.231. The van der Waals surface area contributed by atoms with Crippen LogP contribution in [0.1, 0.15) is 17.0 Å². The number of hydrogen-bond donors (Lipinski definition) is 1. The van der Waals surface area contributed by atoms with Crippen LogP contribution in [-0.4, -0.2) is 9.97 Å². The minimum absolute atomic E-state index is 0.750. The first-order valence-electron chi connectivity index (χ1n) is 5.41. The first-order valence-corrected chi connectivity index (χ1v) is 6.22. The lowest BCUT2D eigenvalue weighted by molar-refractivity contribution is 0.902. The zero-order chi connectivity index (χ0) is 12.4. The van der Waals surface area contributed by atoms with Crippen LogP contribution in [0.25, 0.3) is 0 Å². The molecule has 0 spiro atoms. The standard InChI is InChI=1S/C13H15N3S/c1-8-4-5-11(14)12(6-8)17-13-15-9(2)7-10(3)16-13/h4-7H,14H2,1-3H3. The second kappa shape index (κ2) is 4.75. The van der Waals surface area contributed by atoms with Crippen molar-refractivity contribution in [1.82, 2.24) is 9.97 Å². The van der Waals surface area contributed by atoms with Crippen molar-refractivity contribution in [1.29, 1.82) is 0 Å². The molecule has 0 atom stereocenters. The van der Waals surface area contributed by atoms with Crippen molar-refractivity contribution in [2.45, 2.75) is 30.8 Å². The molecule has 88 valence electrons. The highest BCUT2D eigenvalue weighted by molar-refractivity contribution is 7.99. The second-order valence-electron chi connectivity index (χ2n) is 4.08. The summed E-state index contributed by atoms with van der Waals surface area (Å²) in [6.45, 7) is 5.99. The maximum atomic E-state index is 5.94. The van der Waals surface area contributed by atoms with E-state index in [2.05, 4.69) is 16.0 Å². The molecule has 0 amide bonds. The second-order valence-corrected chi connectivity index (χ2v) is 5.09. The summed E-state index contributed by atoms with van der Waals surface area (Å²) in [5, 5.41) is 0.750. The summed E-state index contributed by atoms with van der Waals surface area (Å²) in [5.74, 6) is 0. The first-order chi connectivity index (χ1) is 8.04. The molecule has 0 saturated carbocycles. The molecule has 0 unspecified atom stereocenters. The molecule has 0 fully saturated rings. The van der Waals surface area contributed by atoms with Crippen molar-refractivity contribution in [2.75, 3.05) is 5.73 Å². The molecule has 3 nitrogen and oxygen atoms in total. The van der Waals surface area contributed by atoms with Crippen molar-refractivity contribution in [3.63, 3.8) is 0 Å². The normalized spacial score (nSPS) is 10.5. The molecule has 0 aliphatic rings. The molecular formula is C13H15N3S. The molecule has 1 aromatic carbocycles. The van der Waals surface area contributed by atoms with Crippen LogP contribution in [-0.2, 0) is 0 Å². The summed E-state index contributed by atoms with van der Waals surface area (Å²) >= 11 is 1.51. The molecule has 17 heavy (non-hydrogen) atoms.